The second-order valence-corrected chi connectivity index (χ2v) is 10.2. The fourth-order valence-corrected chi connectivity index (χ4v) is 5.45. The Hall–Kier alpha value is -1.80. The van der Waals surface area contributed by atoms with Gasteiger partial charge in [-0.1, -0.05) is 49.2 Å². The molecule has 2 atom stereocenters. The average molecular weight is 392 g/mol. The first-order valence-corrected chi connectivity index (χ1v) is 11.6. The SMILES string of the molecule is CS(=O)(=O)c1ccc([C@@]2(C(=O)Nc3nncs3)C[C@H]2C2CCCC2)cc1. The molecular weight excluding hydrogens is 370 g/mol. The van der Waals surface area contributed by atoms with E-state index in [0.29, 0.717) is 17.0 Å². The van der Waals surface area contributed by atoms with Crippen LogP contribution in [0.15, 0.2) is 34.7 Å². The van der Waals surface area contributed by atoms with E-state index in [0.717, 1.165) is 12.0 Å². The van der Waals surface area contributed by atoms with Crippen LogP contribution in [0.5, 0.6) is 0 Å². The van der Waals surface area contributed by atoms with E-state index in [2.05, 4.69) is 15.5 Å². The normalized spacial score (nSPS) is 26.0. The molecule has 0 radical (unpaired) electrons. The Morgan fingerprint density at radius 3 is 2.50 bits per heavy atom. The summed E-state index contributed by atoms with van der Waals surface area (Å²) in [5, 5.41) is 11.1. The van der Waals surface area contributed by atoms with Crippen LogP contribution in [0.25, 0.3) is 0 Å². The van der Waals surface area contributed by atoms with Crippen LogP contribution in [-0.2, 0) is 20.0 Å². The van der Waals surface area contributed by atoms with Gasteiger partial charge in [0.1, 0.15) is 5.51 Å². The number of hydrogen-bond donors (Lipinski definition) is 1. The molecule has 0 bridgehead atoms. The summed E-state index contributed by atoms with van der Waals surface area (Å²) in [4.78, 5) is 13.4. The zero-order chi connectivity index (χ0) is 18.4. The van der Waals surface area contributed by atoms with Crippen molar-refractivity contribution in [2.75, 3.05) is 11.6 Å². The molecule has 1 aromatic carbocycles. The fraction of sp³-hybridized carbons (Fsp3) is 0.500. The molecule has 2 aromatic rings. The van der Waals surface area contributed by atoms with Gasteiger partial charge >= 0.3 is 0 Å². The Kier molecular flexibility index (Phi) is 4.35. The first-order valence-electron chi connectivity index (χ1n) is 8.79. The number of anilines is 1. The van der Waals surface area contributed by atoms with Gasteiger partial charge in [0.2, 0.25) is 11.0 Å². The summed E-state index contributed by atoms with van der Waals surface area (Å²) in [7, 11) is -3.25. The molecule has 8 heteroatoms. The lowest BCUT2D eigenvalue weighted by atomic mass is 9.87. The molecule has 1 amide bonds. The third kappa shape index (κ3) is 3.05. The van der Waals surface area contributed by atoms with E-state index in [-0.39, 0.29) is 10.8 Å². The summed E-state index contributed by atoms with van der Waals surface area (Å²) < 4.78 is 23.5. The maximum atomic E-state index is 13.2. The lowest BCUT2D eigenvalue weighted by Crippen LogP contribution is -2.31. The predicted octanol–water partition coefficient (Wildman–Crippen LogP) is 3.03. The zero-order valence-corrected chi connectivity index (χ0v) is 16.1. The van der Waals surface area contributed by atoms with Gasteiger partial charge in [0.15, 0.2) is 9.84 Å². The van der Waals surface area contributed by atoms with Crippen molar-refractivity contribution in [3.8, 4) is 0 Å². The number of amides is 1. The third-order valence-electron chi connectivity index (χ3n) is 5.77. The smallest absolute Gasteiger partial charge is 0.237 e. The van der Waals surface area contributed by atoms with E-state index in [1.807, 2.05) is 0 Å². The maximum absolute atomic E-state index is 13.2. The molecular formula is C18H21N3O3S2. The van der Waals surface area contributed by atoms with Gasteiger partial charge in [-0.2, -0.15) is 0 Å². The van der Waals surface area contributed by atoms with Gasteiger partial charge in [0.05, 0.1) is 10.3 Å². The van der Waals surface area contributed by atoms with Gasteiger partial charge in [-0.3, -0.25) is 10.1 Å². The van der Waals surface area contributed by atoms with E-state index in [1.165, 1.54) is 43.3 Å². The molecule has 4 rings (SSSR count). The molecule has 26 heavy (non-hydrogen) atoms. The van der Waals surface area contributed by atoms with Crippen LogP contribution in [0.2, 0.25) is 0 Å². The van der Waals surface area contributed by atoms with Crippen LogP contribution in [0.1, 0.15) is 37.7 Å². The van der Waals surface area contributed by atoms with Crippen LogP contribution in [0.3, 0.4) is 0 Å². The summed E-state index contributed by atoms with van der Waals surface area (Å²) in [6, 6.07) is 6.80. The zero-order valence-electron chi connectivity index (χ0n) is 14.5. The van der Waals surface area contributed by atoms with Crippen molar-refractivity contribution in [2.24, 2.45) is 11.8 Å². The number of aromatic nitrogens is 2. The highest BCUT2D eigenvalue weighted by molar-refractivity contribution is 7.90. The van der Waals surface area contributed by atoms with Gasteiger partial charge in [-0.25, -0.2) is 8.42 Å². The molecule has 1 aromatic heterocycles. The lowest BCUT2D eigenvalue weighted by molar-refractivity contribution is -0.119. The number of carbonyl (C=O) groups excluding carboxylic acids is 1. The number of hydrogen-bond acceptors (Lipinski definition) is 6. The van der Waals surface area contributed by atoms with E-state index in [9.17, 15) is 13.2 Å². The molecule has 2 aliphatic carbocycles. The average Bonchev–Trinajstić information content (AvgIpc) is 2.97. The highest BCUT2D eigenvalue weighted by Gasteiger charge is 2.63. The molecule has 2 saturated carbocycles. The Morgan fingerprint density at radius 1 is 1.23 bits per heavy atom. The van der Waals surface area contributed by atoms with Crippen molar-refractivity contribution in [1.29, 1.82) is 0 Å². The Labute approximate surface area is 157 Å². The Balaban J connectivity index is 1.66. The van der Waals surface area contributed by atoms with Crippen LogP contribution >= 0.6 is 11.3 Å². The van der Waals surface area contributed by atoms with Crippen molar-refractivity contribution in [2.45, 2.75) is 42.4 Å². The molecule has 1 heterocycles. The molecule has 0 saturated heterocycles. The summed E-state index contributed by atoms with van der Waals surface area (Å²) in [6.07, 6.45) is 6.78. The summed E-state index contributed by atoms with van der Waals surface area (Å²) >= 11 is 1.30. The van der Waals surface area contributed by atoms with E-state index in [4.69, 9.17) is 0 Å². The summed E-state index contributed by atoms with van der Waals surface area (Å²) in [6.45, 7) is 0. The quantitative estimate of drug-likeness (QED) is 0.846. The Morgan fingerprint density at radius 2 is 1.92 bits per heavy atom. The van der Waals surface area contributed by atoms with Crippen LogP contribution in [0.4, 0.5) is 5.13 Å². The van der Waals surface area contributed by atoms with E-state index in [1.54, 1.807) is 29.8 Å². The molecule has 1 N–H and O–H groups in total. The molecule has 6 nitrogen and oxygen atoms in total. The fourth-order valence-electron chi connectivity index (χ4n) is 4.38. The van der Waals surface area contributed by atoms with Gasteiger partial charge < -0.3 is 0 Å². The summed E-state index contributed by atoms with van der Waals surface area (Å²) in [5.74, 6) is 0.810. The van der Waals surface area contributed by atoms with Gasteiger partial charge in [0, 0.05) is 6.26 Å². The number of rotatable bonds is 5. The molecule has 138 valence electrons. The topological polar surface area (TPSA) is 89.0 Å². The highest BCUT2D eigenvalue weighted by Crippen LogP contribution is 2.61. The van der Waals surface area contributed by atoms with E-state index < -0.39 is 15.3 Å². The van der Waals surface area contributed by atoms with Gasteiger partial charge in [0.25, 0.3) is 0 Å². The highest BCUT2D eigenvalue weighted by atomic mass is 32.2. The van der Waals surface area contributed by atoms with Crippen LogP contribution in [-0.4, -0.2) is 30.8 Å². The lowest BCUT2D eigenvalue weighted by Gasteiger charge is -2.20. The van der Waals surface area contributed by atoms with Crippen LogP contribution in [0, 0.1) is 11.8 Å². The number of sulfone groups is 1. The van der Waals surface area contributed by atoms with Gasteiger partial charge in [-0.05, 0) is 36.0 Å². The minimum atomic E-state index is -3.25. The number of carbonyl (C=O) groups is 1. The molecule has 0 unspecified atom stereocenters. The number of benzene rings is 1. The number of nitrogens with one attached hydrogen (secondary N) is 1. The summed E-state index contributed by atoms with van der Waals surface area (Å²) in [5.41, 5.74) is 1.89. The van der Waals surface area contributed by atoms with Crippen molar-refractivity contribution < 1.29 is 13.2 Å². The predicted molar refractivity (Wildman–Crippen MR) is 99.8 cm³/mol. The second kappa shape index (κ2) is 6.42. The molecule has 0 aliphatic heterocycles. The van der Waals surface area contributed by atoms with Crippen molar-refractivity contribution in [3.05, 3.63) is 35.3 Å². The molecule has 2 aliphatic rings. The second-order valence-electron chi connectivity index (χ2n) is 7.32. The maximum Gasteiger partial charge on any atom is 0.237 e. The number of nitrogens with zero attached hydrogens (tertiary/aromatic N) is 2. The van der Waals surface area contributed by atoms with E-state index >= 15 is 0 Å². The minimum Gasteiger partial charge on any atom is -0.300 e. The first-order chi connectivity index (χ1) is 12.4. The van der Waals surface area contributed by atoms with Gasteiger partial charge in [-0.15, -0.1) is 10.2 Å². The van der Waals surface area contributed by atoms with Crippen LogP contribution < -0.4 is 5.32 Å². The van der Waals surface area contributed by atoms with Crippen molar-refractivity contribution in [1.82, 2.24) is 10.2 Å². The largest absolute Gasteiger partial charge is 0.300 e. The van der Waals surface area contributed by atoms with Crippen molar-refractivity contribution in [3.63, 3.8) is 0 Å². The standard InChI is InChI=1S/C18H21N3O3S2/c1-26(23,24)14-8-6-13(7-9-14)18(10-15(18)12-4-2-3-5-12)16(22)20-17-21-19-11-25-17/h6-9,11-12,15H,2-5,10H2,1H3,(H,20,21,22)/t15-,18-/m0/s1. The monoisotopic (exact) mass is 391 g/mol. The Bertz CT molecular complexity index is 904. The third-order valence-corrected chi connectivity index (χ3v) is 7.50. The molecule has 0 spiro atoms. The minimum absolute atomic E-state index is 0.0572. The van der Waals surface area contributed by atoms with Crippen molar-refractivity contribution >= 4 is 32.2 Å². The first kappa shape index (κ1) is 17.6. The molecule has 2 fully saturated rings.